The summed E-state index contributed by atoms with van der Waals surface area (Å²) in [6.45, 7) is 10.4. The van der Waals surface area contributed by atoms with Crippen LogP contribution in [0.25, 0.3) is 0 Å². The Kier molecular flexibility index (Phi) is 4.55. The van der Waals surface area contributed by atoms with Gasteiger partial charge in [-0.05, 0) is 57.4 Å². The zero-order valence-corrected chi connectivity index (χ0v) is 11.3. The standard InChI is InChI=1S/C14H21NO2/c1-6-15-14(16)12(5)17-13-8-9(2)7-10(3)11(13)4/h7-8,12H,6H2,1-5H3,(H,15,16)/t12-/m1/s1. The van der Waals surface area contributed by atoms with Gasteiger partial charge in [0.1, 0.15) is 5.75 Å². The van der Waals surface area contributed by atoms with E-state index in [4.69, 9.17) is 4.74 Å². The van der Waals surface area contributed by atoms with E-state index in [1.165, 1.54) is 5.56 Å². The van der Waals surface area contributed by atoms with E-state index in [0.29, 0.717) is 6.54 Å². The molecule has 1 rings (SSSR count). The van der Waals surface area contributed by atoms with Crippen molar-refractivity contribution in [1.82, 2.24) is 5.32 Å². The Morgan fingerprint density at radius 1 is 1.35 bits per heavy atom. The predicted octanol–water partition coefficient (Wildman–Crippen LogP) is 2.52. The van der Waals surface area contributed by atoms with Gasteiger partial charge in [-0.2, -0.15) is 0 Å². The van der Waals surface area contributed by atoms with Crippen LogP contribution in [0.2, 0.25) is 0 Å². The third kappa shape index (κ3) is 3.48. The number of nitrogens with one attached hydrogen (secondary N) is 1. The van der Waals surface area contributed by atoms with Crippen molar-refractivity contribution >= 4 is 5.91 Å². The zero-order chi connectivity index (χ0) is 13.0. The van der Waals surface area contributed by atoms with Gasteiger partial charge < -0.3 is 10.1 Å². The third-order valence-corrected chi connectivity index (χ3v) is 2.79. The van der Waals surface area contributed by atoms with Gasteiger partial charge >= 0.3 is 0 Å². The van der Waals surface area contributed by atoms with Crippen LogP contribution in [0.3, 0.4) is 0 Å². The number of ether oxygens (including phenoxy) is 1. The molecule has 0 bridgehead atoms. The normalized spacial score (nSPS) is 12.1. The first-order valence-electron chi connectivity index (χ1n) is 5.98. The summed E-state index contributed by atoms with van der Waals surface area (Å²) in [6.07, 6.45) is -0.463. The molecule has 0 spiro atoms. The van der Waals surface area contributed by atoms with Crippen molar-refractivity contribution in [1.29, 1.82) is 0 Å². The maximum atomic E-state index is 11.6. The van der Waals surface area contributed by atoms with E-state index in [0.717, 1.165) is 16.9 Å². The molecule has 0 unspecified atom stereocenters. The predicted molar refractivity (Wildman–Crippen MR) is 69.4 cm³/mol. The van der Waals surface area contributed by atoms with Crippen LogP contribution >= 0.6 is 0 Å². The molecule has 1 aromatic carbocycles. The highest BCUT2D eigenvalue weighted by molar-refractivity contribution is 5.80. The zero-order valence-electron chi connectivity index (χ0n) is 11.3. The summed E-state index contributed by atoms with van der Waals surface area (Å²) in [5.74, 6) is 0.715. The fourth-order valence-corrected chi connectivity index (χ4v) is 1.69. The van der Waals surface area contributed by atoms with E-state index in [1.807, 2.05) is 33.8 Å². The first kappa shape index (κ1) is 13.6. The first-order valence-corrected chi connectivity index (χ1v) is 5.98. The molecule has 0 fully saturated rings. The molecule has 1 amide bonds. The summed E-state index contributed by atoms with van der Waals surface area (Å²) in [5.41, 5.74) is 3.42. The highest BCUT2D eigenvalue weighted by Crippen LogP contribution is 2.24. The van der Waals surface area contributed by atoms with Crippen molar-refractivity contribution in [2.24, 2.45) is 0 Å². The summed E-state index contributed by atoms with van der Waals surface area (Å²) < 4.78 is 5.71. The molecule has 0 saturated heterocycles. The smallest absolute Gasteiger partial charge is 0.260 e. The van der Waals surface area contributed by atoms with Crippen LogP contribution in [0, 0.1) is 20.8 Å². The molecule has 0 aliphatic carbocycles. The molecule has 1 aromatic rings. The molecule has 0 aliphatic rings. The molecule has 0 heterocycles. The van der Waals surface area contributed by atoms with Crippen molar-refractivity contribution in [2.75, 3.05) is 6.54 Å². The fraction of sp³-hybridized carbons (Fsp3) is 0.500. The lowest BCUT2D eigenvalue weighted by atomic mass is 10.1. The van der Waals surface area contributed by atoms with Crippen LogP contribution in [0.4, 0.5) is 0 Å². The molecular formula is C14H21NO2. The number of aryl methyl sites for hydroxylation is 2. The second kappa shape index (κ2) is 5.71. The van der Waals surface area contributed by atoms with Crippen LogP contribution in [-0.2, 0) is 4.79 Å². The van der Waals surface area contributed by atoms with Gasteiger partial charge in [0.05, 0.1) is 0 Å². The van der Waals surface area contributed by atoms with Crippen LogP contribution in [0.1, 0.15) is 30.5 Å². The van der Waals surface area contributed by atoms with Crippen molar-refractivity contribution in [3.05, 3.63) is 28.8 Å². The summed E-state index contributed by atoms with van der Waals surface area (Å²) in [7, 11) is 0. The molecule has 0 radical (unpaired) electrons. The number of amides is 1. The van der Waals surface area contributed by atoms with Gasteiger partial charge in [0, 0.05) is 6.54 Å². The largest absolute Gasteiger partial charge is 0.481 e. The maximum absolute atomic E-state index is 11.6. The summed E-state index contributed by atoms with van der Waals surface area (Å²) in [6, 6.07) is 4.08. The Bertz CT molecular complexity index is 413. The van der Waals surface area contributed by atoms with Gasteiger partial charge in [0.2, 0.25) is 0 Å². The van der Waals surface area contributed by atoms with Gasteiger partial charge in [0.15, 0.2) is 6.10 Å². The lowest BCUT2D eigenvalue weighted by molar-refractivity contribution is -0.127. The van der Waals surface area contributed by atoms with Crippen molar-refractivity contribution in [2.45, 2.75) is 40.7 Å². The molecule has 94 valence electrons. The number of likely N-dealkylation sites (N-methyl/N-ethyl adjacent to an activating group) is 1. The van der Waals surface area contributed by atoms with Gasteiger partial charge in [-0.1, -0.05) is 6.07 Å². The number of benzene rings is 1. The minimum atomic E-state index is -0.463. The molecule has 3 heteroatoms. The summed E-state index contributed by atoms with van der Waals surface area (Å²) >= 11 is 0. The minimum Gasteiger partial charge on any atom is -0.481 e. The molecule has 1 N–H and O–H groups in total. The highest BCUT2D eigenvalue weighted by Gasteiger charge is 2.15. The fourth-order valence-electron chi connectivity index (χ4n) is 1.69. The Hall–Kier alpha value is -1.51. The number of hydrogen-bond acceptors (Lipinski definition) is 2. The lowest BCUT2D eigenvalue weighted by Gasteiger charge is -2.17. The second-order valence-electron chi connectivity index (χ2n) is 4.36. The number of rotatable bonds is 4. The first-order chi connectivity index (χ1) is 7.95. The monoisotopic (exact) mass is 235 g/mol. The van der Waals surface area contributed by atoms with Crippen molar-refractivity contribution in [3.8, 4) is 5.75 Å². The Morgan fingerprint density at radius 2 is 2.00 bits per heavy atom. The molecule has 0 aliphatic heterocycles. The number of hydrogen-bond donors (Lipinski definition) is 1. The molecule has 0 aromatic heterocycles. The van der Waals surface area contributed by atoms with Gasteiger partial charge in [-0.15, -0.1) is 0 Å². The summed E-state index contributed by atoms with van der Waals surface area (Å²) in [5, 5.41) is 2.75. The minimum absolute atomic E-state index is 0.0777. The van der Waals surface area contributed by atoms with Gasteiger partial charge in [0.25, 0.3) is 5.91 Å². The Morgan fingerprint density at radius 3 is 2.59 bits per heavy atom. The van der Waals surface area contributed by atoms with Crippen LogP contribution < -0.4 is 10.1 Å². The Balaban J connectivity index is 2.84. The third-order valence-electron chi connectivity index (χ3n) is 2.79. The van der Waals surface area contributed by atoms with Crippen LogP contribution in [0.5, 0.6) is 5.75 Å². The quantitative estimate of drug-likeness (QED) is 0.870. The van der Waals surface area contributed by atoms with Gasteiger partial charge in [-0.25, -0.2) is 0 Å². The lowest BCUT2D eigenvalue weighted by Crippen LogP contribution is -2.36. The van der Waals surface area contributed by atoms with E-state index in [2.05, 4.69) is 11.4 Å². The van der Waals surface area contributed by atoms with Crippen molar-refractivity contribution in [3.63, 3.8) is 0 Å². The molecule has 1 atom stereocenters. The molecule has 17 heavy (non-hydrogen) atoms. The average Bonchev–Trinajstić information content (AvgIpc) is 2.25. The van der Waals surface area contributed by atoms with Crippen LogP contribution in [-0.4, -0.2) is 18.6 Å². The number of carbonyl (C=O) groups is 1. The summed E-state index contributed by atoms with van der Waals surface area (Å²) in [4.78, 5) is 11.6. The molecule has 0 saturated carbocycles. The van der Waals surface area contributed by atoms with E-state index < -0.39 is 6.10 Å². The van der Waals surface area contributed by atoms with E-state index >= 15 is 0 Å². The SMILES string of the molecule is CCNC(=O)[C@@H](C)Oc1cc(C)cc(C)c1C. The van der Waals surface area contributed by atoms with E-state index in [-0.39, 0.29) is 5.91 Å². The average molecular weight is 235 g/mol. The van der Waals surface area contributed by atoms with Crippen LogP contribution in [0.15, 0.2) is 12.1 Å². The van der Waals surface area contributed by atoms with E-state index in [9.17, 15) is 4.79 Å². The Labute approximate surface area is 103 Å². The second-order valence-corrected chi connectivity index (χ2v) is 4.36. The van der Waals surface area contributed by atoms with Crippen molar-refractivity contribution < 1.29 is 9.53 Å². The molecular weight excluding hydrogens is 214 g/mol. The maximum Gasteiger partial charge on any atom is 0.260 e. The topological polar surface area (TPSA) is 38.3 Å². The van der Waals surface area contributed by atoms with Gasteiger partial charge in [-0.3, -0.25) is 4.79 Å². The molecule has 3 nitrogen and oxygen atoms in total. The number of carbonyl (C=O) groups excluding carboxylic acids is 1. The highest BCUT2D eigenvalue weighted by atomic mass is 16.5. The van der Waals surface area contributed by atoms with E-state index in [1.54, 1.807) is 6.92 Å².